The number of rotatable bonds is 3. The number of carbonyl (C=O) groups is 1. The first-order valence-electron chi connectivity index (χ1n) is 7.27. The molecule has 114 valence electrons. The van der Waals surface area contributed by atoms with Crippen molar-refractivity contribution in [3.05, 3.63) is 28.8 Å². The third-order valence-corrected chi connectivity index (χ3v) is 5.25. The van der Waals surface area contributed by atoms with E-state index in [2.05, 4.69) is 10.6 Å². The van der Waals surface area contributed by atoms with Gasteiger partial charge in [0.05, 0.1) is 12.6 Å². The summed E-state index contributed by atoms with van der Waals surface area (Å²) in [4.78, 5) is 13.3. The number of halogens is 1. The molecule has 0 unspecified atom stereocenters. The minimum atomic E-state index is -0.107. The van der Waals surface area contributed by atoms with Crippen molar-refractivity contribution in [2.45, 2.75) is 23.8 Å². The number of amides is 2. The average Bonchev–Trinajstić information content (AvgIpc) is 2.99. The first kappa shape index (κ1) is 15.0. The molecule has 2 amide bonds. The number of hydrogen-bond acceptors (Lipinski definition) is 3. The van der Waals surface area contributed by atoms with Crippen LogP contribution in [0.15, 0.2) is 23.1 Å². The maximum absolute atomic E-state index is 12.1. The Hall–Kier alpha value is -0.910. The largest absolute Gasteiger partial charge is 0.381 e. The molecule has 1 fully saturated rings. The van der Waals surface area contributed by atoms with Crippen LogP contribution in [0.25, 0.3) is 0 Å². The Morgan fingerprint density at radius 2 is 2.33 bits per heavy atom. The van der Waals surface area contributed by atoms with Gasteiger partial charge in [-0.05, 0) is 36.6 Å². The fraction of sp³-hybridized carbons (Fsp3) is 0.533. The zero-order chi connectivity index (χ0) is 14.7. The van der Waals surface area contributed by atoms with Gasteiger partial charge in [0.15, 0.2) is 0 Å². The number of thioether (sulfide) groups is 1. The van der Waals surface area contributed by atoms with E-state index in [-0.39, 0.29) is 12.1 Å². The summed E-state index contributed by atoms with van der Waals surface area (Å²) < 4.78 is 5.31. The second-order valence-corrected chi connectivity index (χ2v) is 7.03. The molecule has 0 aromatic heterocycles. The molecular weight excluding hydrogens is 308 g/mol. The van der Waals surface area contributed by atoms with Crippen molar-refractivity contribution in [3.8, 4) is 0 Å². The van der Waals surface area contributed by atoms with Crippen LogP contribution in [-0.2, 0) is 4.74 Å². The van der Waals surface area contributed by atoms with Crippen molar-refractivity contribution < 1.29 is 9.53 Å². The Morgan fingerprint density at radius 1 is 1.43 bits per heavy atom. The molecule has 0 radical (unpaired) electrons. The number of benzene rings is 1. The summed E-state index contributed by atoms with van der Waals surface area (Å²) in [5, 5.41) is 6.73. The second-order valence-electron chi connectivity index (χ2n) is 5.46. The van der Waals surface area contributed by atoms with E-state index in [1.165, 1.54) is 4.90 Å². The second kappa shape index (κ2) is 6.90. The van der Waals surface area contributed by atoms with Gasteiger partial charge in [-0.25, -0.2) is 4.79 Å². The van der Waals surface area contributed by atoms with Gasteiger partial charge in [0.2, 0.25) is 0 Å². The van der Waals surface area contributed by atoms with Crippen LogP contribution in [-0.4, -0.2) is 31.5 Å². The van der Waals surface area contributed by atoms with Crippen molar-refractivity contribution in [2.75, 3.05) is 25.5 Å². The van der Waals surface area contributed by atoms with E-state index >= 15 is 0 Å². The Balaban J connectivity index is 1.57. The molecule has 0 spiro atoms. The minimum Gasteiger partial charge on any atom is -0.381 e. The van der Waals surface area contributed by atoms with E-state index in [0.29, 0.717) is 17.5 Å². The molecule has 4 nitrogen and oxygen atoms in total. The lowest BCUT2D eigenvalue weighted by molar-refractivity contribution is 0.185. The fourth-order valence-electron chi connectivity index (χ4n) is 2.71. The molecule has 2 aliphatic rings. The predicted molar refractivity (Wildman–Crippen MR) is 85.0 cm³/mol. The van der Waals surface area contributed by atoms with Gasteiger partial charge in [0, 0.05) is 34.7 Å². The van der Waals surface area contributed by atoms with Crippen LogP contribution in [0.4, 0.5) is 4.79 Å². The number of nitrogens with one attached hydrogen (secondary N) is 2. The van der Waals surface area contributed by atoms with Gasteiger partial charge >= 0.3 is 6.03 Å². The van der Waals surface area contributed by atoms with Gasteiger partial charge in [-0.3, -0.25) is 0 Å². The van der Waals surface area contributed by atoms with E-state index < -0.39 is 0 Å². The molecule has 2 atom stereocenters. The van der Waals surface area contributed by atoms with Crippen molar-refractivity contribution in [1.29, 1.82) is 0 Å². The summed E-state index contributed by atoms with van der Waals surface area (Å²) in [5.41, 5.74) is 1.12. The quantitative estimate of drug-likeness (QED) is 0.896. The van der Waals surface area contributed by atoms with Crippen molar-refractivity contribution in [2.24, 2.45) is 5.92 Å². The van der Waals surface area contributed by atoms with E-state index in [9.17, 15) is 4.79 Å². The minimum absolute atomic E-state index is 0.0415. The highest BCUT2D eigenvalue weighted by atomic mass is 35.5. The highest BCUT2D eigenvalue weighted by Crippen LogP contribution is 2.37. The SMILES string of the molecule is O=C(NC[C@H]1CCOC1)N[C@@H]1CCSc2ccc(Cl)cc21. The Morgan fingerprint density at radius 3 is 3.14 bits per heavy atom. The summed E-state index contributed by atoms with van der Waals surface area (Å²) >= 11 is 7.89. The lowest BCUT2D eigenvalue weighted by Crippen LogP contribution is -2.41. The third-order valence-electron chi connectivity index (χ3n) is 3.89. The number of fused-ring (bicyclic) bond motifs is 1. The van der Waals surface area contributed by atoms with Gasteiger partial charge < -0.3 is 15.4 Å². The van der Waals surface area contributed by atoms with Gasteiger partial charge in [-0.1, -0.05) is 11.6 Å². The van der Waals surface area contributed by atoms with E-state index in [1.54, 1.807) is 0 Å². The zero-order valence-corrected chi connectivity index (χ0v) is 13.3. The van der Waals surface area contributed by atoms with Gasteiger partial charge in [0.1, 0.15) is 0 Å². The van der Waals surface area contributed by atoms with Crippen molar-refractivity contribution in [1.82, 2.24) is 10.6 Å². The first-order valence-corrected chi connectivity index (χ1v) is 8.63. The molecule has 0 bridgehead atoms. The highest BCUT2D eigenvalue weighted by Gasteiger charge is 2.23. The van der Waals surface area contributed by atoms with Gasteiger partial charge in [-0.2, -0.15) is 0 Å². The van der Waals surface area contributed by atoms with Crippen LogP contribution in [0.1, 0.15) is 24.4 Å². The van der Waals surface area contributed by atoms with Crippen LogP contribution >= 0.6 is 23.4 Å². The first-order chi connectivity index (χ1) is 10.2. The third kappa shape index (κ3) is 3.84. The maximum Gasteiger partial charge on any atom is 0.315 e. The molecule has 1 saturated heterocycles. The van der Waals surface area contributed by atoms with Crippen LogP contribution < -0.4 is 10.6 Å². The van der Waals surface area contributed by atoms with Crippen LogP contribution in [0.3, 0.4) is 0 Å². The van der Waals surface area contributed by atoms with Gasteiger partial charge in [0.25, 0.3) is 0 Å². The van der Waals surface area contributed by atoms with E-state index in [0.717, 1.165) is 37.4 Å². The van der Waals surface area contributed by atoms with Crippen LogP contribution in [0.5, 0.6) is 0 Å². The summed E-state index contributed by atoms with van der Waals surface area (Å²) in [6, 6.07) is 5.82. The van der Waals surface area contributed by atoms with E-state index in [4.69, 9.17) is 16.3 Å². The average molecular weight is 327 g/mol. The van der Waals surface area contributed by atoms with Crippen LogP contribution in [0.2, 0.25) is 5.02 Å². The lowest BCUT2D eigenvalue weighted by Gasteiger charge is -2.26. The number of carbonyl (C=O) groups excluding carboxylic acids is 1. The topological polar surface area (TPSA) is 50.4 Å². The molecule has 1 aromatic carbocycles. The molecular formula is C15H19ClN2O2S. The Labute approximate surface area is 134 Å². The Kier molecular flexibility index (Phi) is 4.93. The standard InChI is InChI=1S/C15H19ClN2O2S/c16-11-1-2-14-12(7-11)13(4-6-21-14)18-15(19)17-8-10-3-5-20-9-10/h1-2,7,10,13H,3-6,8-9H2,(H2,17,18,19)/t10-,13-/m1/s1. The lowest BCUT2D eigenvalue weighted by atomic mass is 10.0. The van der Waals surface area contributed by atoms with Crippen LogP contribution in [0, 0.1) is 5.92 Å². The van der Waals surface area contributed by atoms with Crippen molar-refractivity contribution in [3.63, 3.8) is 0 Å². The molecule has 1 aromatic rings. The molecule has 2 aliphatic heterocycles. The highest BCUT2D eigenvalue weighted by molar-refractivity contribution is 7.99. The van der Waals surface area contributed by atoms with Crippen molar-refractivity contribution >= 4 is 29.4 Å². The smallest absolute Gasteiger partial charge is 0.315 e. The molecule has 21 heavy (non-hydrogen) atoms. The molecule has 0 saturated carbocycles. The molecule has 2 heterocycles. The molecule has 6 heteroatoms. The summed E-state index contributed by atoms with van der Waals surface area (Å²) in [6.45, 7) is 2.23. The predicted octanol–water partition coefficient (Wildman–Crippen LogP) is 3.21. The summed E-state index contributed by atoms with van der Waals surface area (Å²) in [7, 11) is 0. The number of urea groups is 1. The molecule has 2 N–H and O–H groups in total. The molecule has 3 rings (SSSR count). The Bertz CT molecular complexity index is 520. The van der Waals surface area contributed by atoms with Gasteiger partial charge in [-0.15, -0.1) is 11.8 Å². The number of ether oxygens (including phenoxy) is 1. The zero-order valence-electron chi connectivity index (χ0n) is 11.7. The monoisotopic (exact) mass is 326 g/mol. The van der Waals surface area contributed by atoms with E-state index in [1.807, 2.05) is 30.0 Å². The number of hydrogen-bond donors (Lipinski definition) is 2. The fourth-order valence-corrected chi connectivity index (χ4v) is 3.99. The molecule has 0 aliphatic carbocycles. The summed E-state index contributed by atoms with van der Waals surface area (Å²) in [6.07, 6.45) is 1.96. The maximum atomic E-state index is 12.1. The summed E-state index contributed by atoms with van der Waals surface area (Å²) in [5.74, 6) is 1.45. The normalized spacial score (nSPS) is 24.4.